The van der Waals surface area contributed by atoms with Crippen LogP contribution in [0.3, 0.4) is 0 Å². The summed E-state index contributed by atoms with van der Waals surface area (Å²) in [7, 11) is 1.63. The fourth-order valence-corrected chi connectivity index (χ4v) is 2.55. The van der Waals surface area contributed by atoms with E-state index in [0.717, 1.165) is 22.1 Å². The first kappa shape index (κ1) is 14.1. The van der Waals surface area contributed by atoms with E-state index in [1.807, 2.05) is 48.5 Å². The number of anilines is 1. The van der Waals surface area contributed by atoms with Crippen molar-refractivity contribution < 1.29 is 4.74 Å². The van der Waals surface area contributed by atoms with Gasteiger partial charge in [0.1, 0.15) is 12.1 Å². The molecule has 0 radical (unpaired) electrons. The van der Waals surface area contributed by atoms with Gasteiger partial charge in [0, 0.05) is 16.3 Å². The molecule has 0 aliphatic carbocycles. The second kappa shape index (κ2) is 5.96. The number of benzene rings is 2. The highest BCUT2D eigenvalue weighted by Crippen LogP contribution is 2.24. The van der Waals surface area contributed by atoms with Crippen molar-refractivity contribution in [3.8, 4) is 5.75 Å². The summed E-state index contributed by atoms with van der Waals surface area (Å²) in [5, 5.41) is 18.7. The summed E-state index contributed by atoms with van der Waals surface area (Å²) in [4.78, 5) is 0. The number of rotatable bonds is 4. The van der Waals surface area contributed by atoms with E-state index in [9.17, 15) is 0 Å². The second-order valence-corrected chi connectivity index (χ2v) is 5.11. The van der Waals surface area contributed by atoms with Crippen molar-refractivity contribution in [2.45, 2.75) is 0 Å². The molecule has 7 nitrogen and oxygen atoms in total. The van der Waals surface area contributed by atoms with Crippen LogP contribution in [0.1, 0.15) is 5.56 Å². The van der Waals surface area contributed by atoms with E-state index in [0.29, 0.717) is 11.5 Å². The zero-order chi connectivity index (χ0) is 16.4. The lowest BCUT2D eigenvalue weighted by Gasteiger charge is -2.06. The molecular formula is C17H14N6O. The maximum Gasteiger partial charge on any atom is 0.185 e. The van der Waals surface area contributed by atoms with Gasteiger partial charge in [-0.25, -0.2) is 0 Å². The molecule has 0 aliphatic heterocycles. The van der Waals surface area contributed by atoms with Crippen LogP contribution in [0.2, 0.25) is 0 Å². The Hall–Kier alpha value is -3.48. The molecule has 0 fully saturated rings. The number of hydrogen-bond acceptors (Lipinski definition) is 6. The minimum absolute atomic E-state index is 0.629. The number of nitrogens with one attached hydrogen (secondary N) is 1. The van der Waals surface area contributed by atoms with Gasteiger partial charge < -0.3 is 4.74 Å². The summed E-state index contributed by atoms with van der Waals surface area (Å²) >= 11 is 0. The molecule has 24 heavy (non-hydrogen) atoms. The van der Waals surface area contributed by atoms with Crippen LogP contribution in [-0.4, -0.2) is 33.1 Å². The van der Waals surface area contributed by atoms with Gasteiger partial charge in [0.15, 0.2) is 11.5 Å². The van der Waals surface area contributed by atoms with E-state index in [-0.39, 0.29) is 0 Å². The zero-order valence-electron chi connectivity index (χ0n) is 12.9. The van der Waals surface area contributed by atoms with E-state index < -0.39 is 0 Å². The zero-order valence-corrected chi connectivity index (χ0v) is 12.9. The Balaban J connectivity index is 1.72. The molecule has 2 heterocycles. The first-order valence-electron chi connectivity index (χ1n) is 7.37. The summed E-state index contributed by atoms with van der Waals surface area (Å²) in [5.41, 5.74) is 4.59. The average molecular weight is 318 g/mol. The number of ether oxygens (including phenoxy) is 1. The molecule has 2 aromatic carbocycles. The van der Waals surface area contributed by atoms with E-state index in [2.05, 4.69) is 25.8 Å². The van der Waals surface area contributed by atoms with Crippen LogP contribution in [0.5, 0.6) is 5.75 Å². The molecule has 4 rings (SSSR count). The summed E-state index contributed by atoms with van der Waals surface area (Å²) in [6.07, 6.45) is 3.27. The van der Waals surface area contributed by atoms with Crippen molar-refractivity contribution >= 4 is 28.5 Å². The summed E-state index contributed by atoms with van der Waals surface area (Å²) in [6, 6.07) is 15.5. The number of hydrogen-bond donors (Lipinski definition) is 1. The van der Waals surface area contributed by atoms with Crippen molar-refractivity contribution in [1.29, 1.82) is 0 Å². The first-order chi connectivity index (χ1) is 11.9. The molecular weight excluding hydrogens is 304 g/mol. The lowest BCUT2D eigenvalue weighted by atomic mass is 10.2. The van der Waals surface area contributed by atoms with Gasteiger partial charge in [-0.2, -0.15) is 9.62 Å². The molecule has 118 valence electrons. The average Bonchev–Trinajstić information content (AvgIpc) is 3.11. The highest BCUT2D eigenvalue weighted by molar-refractivity contribution is 6.00. The standard InChI is InChI=1S/C17H14N6O/c1-24-15-9-5-2-6-12(15)10-18-20-16-13-7-3-4-8-14(13)17-21-19-11-23(17)22-16/h2-11H,1H3,(H,20,22). The van der Waals surface area contributed by atoms with Crippen LogP contribution in [0, 0.1) is 0 Å². The Bertz CT molecular complexity index is 1040. The lowest BCUT2D eigenvalue weighted by molar-refractivity contribution is 0.414. The van der Waals surface area contributed by atoms with Crippen molar-refractivity contribution in [2.75, 3.05) is 12.5 Å². The van der Waals surface area contributed by atoms with E-state index in [4.69, 9.17) is 4.74 Å². The largest absolute Gasteiger partial charge is 0.496 e. The normalized spacial score (nSPS) is 11.4. The molecule has 7 heteroatoms. The van der Waals surface area contributed by atoms with Crippen LogP contribution in [-0.2, 0) is 0 Å². The number of fused-ring (bicyclic) bond motifs is 3. The Kier molecular flexibility index (Phi) is 3.51. The minimum Gasteiger partial charge on any atom is -0.496 e. The Morgan fingerprint density at radius 1 is 1.08 bits per heavy atom. The maximum atomic E-state index is 5.31. The van der Waals surface area contributed by atoms with Gasteiger partial charge >= 0.3 is 0 Å². The number of methoxy groups -OCH3 is 1. The quantitative estimate of drug-likeness (QED) is 0.462. The van der Waals surface area contributed by atoms with Crippen LogP contribution in [0.25, 0.3) is 16.4 Å². The molecule has 0 bridgehead atoms. The first-order valence-corrected chi connectivity index (χ1v) is 7.37. The lowest BCUT2D eigenvalue weighted by Crippen LogP contribution is -2.01. The summed E-state index contributed by atoms with van der Waals surface area (Å²) in [5.74, 6) is 1.39. The molecule has 0 spiro atoms. The molecule has 2 aromatic heterocycles. The Morgan fingerprint density at radius 2 is 1.88 bits per heavy atom. The van der Waals surface area contributed by atoms with Gasteiger partial charge in [-0.3, -0.25) is 5.43 Å². The van der Waals surface area contributed by atoms with E-state index >= 15 is 0 Å². The number of hydrazone groups is 1. The third-order valence-electron chi connectivity index (χ3n) is 3.67. The molecule has 0 saturated carbocycles. The van der Waals surface area contributed by atoms with Gasteiger partial charge in [-0.1, -0.05) is 36.4 Å². The molecule has 4 aromatic rings. The topological polar surface area (TPSA) is 76.7 Å². The highest BCUT2D eigenvalue weighted by atomic mass is 16.5. The van der Waals surface area contributed by atoms with Crippen LogP contribution < -0.4 is 10.2 Å². The minimum atomic E-state index is 0.629. The molecule has 0 amide bonds. The fourth-order valence-electron chi connectivity index (χ4n) is 2.55. The van der Waals surface area contributed by atoms with Crippen molar-refractivity contribution in [3.63, 3.8) is 0 Å². The van der Waals surface area contributed by atoms with E-state index in [1.165, 1.54) is 0 Å². The Labute approximate surface area is 137 Å². The number of aromatic nitrogens is 4. The SMILES string of the molecule is COc1ccccc1C=NNc1nn2cnnc2c2ccccc12. The predicted octanol–water partition coefficient (Wildman–Crippen LogP) is 2.73. The van der Waals surface area contributed by atoms with Crippen molar-refractivity contribution in [2.24, 2.45) is 5.10 Å². The number of para-hydroxylation sites is 1. The smallest absolute Gasteiger partial charge is 0.185 e. The highest BCUT2D eigenvalue weighted by Gasteiger charge is 2.08. The van der Waals surface area contributed by atoms with Crippen LogP contribution >= 0.6 is 0 Å². The molecule has 0 aliphatic rings. The maximum absolute atomic E-state index is 5.31. The third kappa shape index (κ3) is 2.41. The van der Waals surface area contributed by atoms with Crippen LogP contribution in [0.15, 0.2) is 60.0 Å². The molecule has 0 saturated heterocycles. The summed E-state index contributed by atoms with van der Waals surface area (Å²) in [6.45, 7) is 0. The van der Waals surface area contributed by atoms with Gasteiger partial charge in [0.25, 0.3) is 0 Å². The van der Waals surface area contributed by atoms with Gasteiger partial charge in [-0.05, 0) is 12.1 Å². The second-order valence-electron chi connectivity index (χ2n) is 5.11. The van der Waals surface area contributed by atoms with Crippen LogP contribution in [0.4, 0.5) is 5.82 Å². The molecule has 1 N–H and O–H groups in total. The fraction of sp³-hybridized carbons (Fsp3) is 0.0588. The monoisotopic (exact) mass is 318 g/mol. The van der Waals surface area contributed by atoms with E-state index in [1.54, 1.807) is 24.2 Å². The Morgan fingerprint density at radius 3 is 2.75 bits per heavy atom. The number of nitrogens with zero attached hydrogens (tertiary/aromatic N) is 5. The predicted molar refractivity (Wildman–Crippen MR) is 92.5 cm³/mol. The molecule has 0 atom stereocenters. The van der Waals surface area contributed by atoms with Gasteiger partial charge in [0.2, 0.25) is 0 Å². The van der Waals surface area contributed by atoms with Crippen molar-refractivity contribution in [1.82, 2.24) is 19.8 Å². The van der Waals surface area contributed by atoms with Crippen molar-refractivity contribution in [3.05, 3.63) is 60.4 Å². The summed E-state index contributed by atoms with van der Waals surface area (Å²) < 4.78 is 6.94. The van der Waals surface area contributed by atoms with Gasteiger partial charge in [0.05, 0.1) is 13.3 Å². The van der Waals surface area contributed by atoms with Gasteiger partial charge in [-0.15, -0.1) is 15.3 Å². The molecule has 0 unspecified atom stereocenters. The third-order valence-corrected chi connectivity index (χ3v) is 3.67.